The largest absolute Gasteiger partial charge is 0.310 e. The monoisotopic (exact) mass is 654 g/mol. The highest BCUT2D eigenvalue weighted by atomic mass is 15.1. The van der Waals surface area contributed by atoms with Crippen LogP contribution in [0.1, 0.15) is 6.85 Å². The van der Waals surface area contributed by atoms with Gasteiger partial charge in [0.05, 0.1) is 12.5 Å². The third-order valence-electron chi connectivity index (χ3n) is 9.56. The molecular formula is C50H35N. The van der Waals surface area contributed by atoms with E-state index in [1.165, 1.54) is 0 Å². The van der Waals surface area contributed by atoms with E-state index in [0.29, 0.717) is 5.56 Å². The lowest BCUT2D eigenvalue weighted by molar-refractivity contribution is 1.28. The van der Waals surface area contributed by atoms with Gasteiger partial charge < -0.3 is 4.90 Å². The van der Waals surface area contributed by atoms with Crippen molar-refractivity contribution in [1.82, 2.24) is 0 Å². The Morgan fingerprint density at radius 3 is 1.47 bits per heavy atom. The molecule has 1 heteroatoms. The first-order chi connectivity index (χ1) is 27.4. The maximum absolute atomic E-state index is 9.16. The van der Waals surface area contributed by atoms with Crippen molar-refractivity contribution in [3.05, 3.63) is 212 Å². The zero-order valence-electron chi connectivity index (χ0n) is 32.8. The Labute approximate surface area is 306 Å². The Bertz CT molecular complexity index is 2780. The first-order valence-electron chi connectivity index (χ1n) is 19.6. The van der Waals surface area contributed by atoms with Crippen LogP contribution in [0.2, 0.25) is 0 Å². The van der Waals surface area contributed by atoms with Crippen LogP contribution in [0.4, 0.5) is 17.1 Å². The summed E-state index contributed by atoms with van der Waals surface area (Å²) in [7, 11) is 0. The maximum Gasteiger partial charge on any atom is 0.0629 e. The van der Waals surface area contributed by atoms with Crippen LogP contribution in [0.25, 0.3) is 66.1 Å². The molecule has 0 bridgehead atoms. The van der Waals surface area contributed by atoms with Crippen molar-refractivity contribution in [1.29, 1.82) is 0 Å². The average molecular weight is 655 g/mol. The highest BCUT2D eigenvalue weighted by molar-refractivity contribution is 6.16. The van der Waals surface area contributed by atoms with Gasteiger partial charge >= 0.3 is 0 Å². The number of benzene rings is 9. The van der Waals surface area contributed by atoms with Gasteiger partial charge in [0.25, 0.3) is 0 Å². The molecule has 240 valence electrons. The Balaban J connectivity index is 1.37. The topological polar surface area (TPSA) is 3.24 Å². The molecular weight excluding hydrogens is 615 g/mol. The van der Waals surface area contributed by atoms with Crippen LogP contribution in [-0.2, 0) is 0 Å². The first kappa shape index (κ1) is 25.3. The summed E-state index contributed by atoms with van der Waals surface area (Å²) in [4.78, 5) is 2.21. The van der Waals surface area contributed by atoms with E-state index in [-0.39, 0.29) is 29.7 Å². The minimum absolute atomic E-state index is 0.156. The van der Waals surface area contributed by atoms with Crippen molar-refractivity contribution < 1.29 is 6.85 Å². The maximum atomic E-state index is 9.16. The average Bonchev–Trinajstić information content (AvgIpc) is 3.26. The third-order valence-corrected chi connectivity index (χ3v) is 9.56. The third kappa shape index (κ3) is 5.75. The van der Waals surface area contributed by atoms with Crippen LogP contribution in [0.3, 0.4) is 0 Å². The molecule has 9 aromatic rings. The molecule has 0 N–H and O–H groups in total. The molecule has 0 saturated heterocycles. The van der Waals surface area contributed by atoms with Crippen molar-refractivity contribution in [2.24, 2.45) is 0 Å². The van der Waals surface area contributed by atoms with Crippen molar-refractivity contribution in [3.8, 4) is 44.5 Å². The van der Waals surface area contributed by atoms with Crippen molar-refractivity contribution in [2.45, 2.75) is 0 Å². The fourth-order valence-electron chi connectivity index (χ4n) is 7.16. The summed E-state index contributed by atoms with van der Waals surface area (Å²) >= 11 is 0. The molecule has 1 nitrogen and oxygen atoms in total. The summed E-state index contributed by atoms with van der Waals surface area (Å²) in [5.74, 6) is 0. The predicted molar refractivity (Wildman–Crippen MR) is 218 cm³/mol. The van der Waals surface area contributed by atoms with E-state index in [1.54, 1.807) is 0 Å². The lowest BCUT2D eigenvalue weighted by atomic mass is 9.87. The van der Waals surface area contributed by atoms with Crippen molar-refractivity contribution in [2.75, 3.05) is 4.90 Å². The number of hydrogen-bond donors (Lipinski definition) is 0. The molecule has 51 heavy (non-hydrogen) atoms. The molecule has 0 aliphatic carbocycles. The highest BCUT2D eigenvalue weighted by Gasteiger charge is 2.23. The quantitative estimate of drug-likeness (QED) is 0.155. The molecule has 0 amide bonds. The summed E-state index contributed by atoms with van der Waals surface area (Å²) in [5.41, 5.74) is 9.36. The lowest BCUT2D eigenvalue weighted by Gasteiger charge is -2.30. The van der Waals surface area contributed by atoms with Gasteiger partial charge in [0.15, 0.2) is 0 Å². The van der Waals surface area contributed by atoms with Crippen LogP contribution in [0.15, 0.2) is 212 Å². The standard InChI is InChI=1S/C50H35N/c1-4-15-36(16-5-1)38-27-31-42(32-28-38)51(43-33-29-39(30-34-43)37-17-6-2-7-18-37)49-26-14-25-45(40-19-8-3-9-20-40)50(49)48-35-41-21-10-11-22-44(41)46-23-12-13-24-47(46)48/h1-35H/i3D,8D,9D,19D,20D. The number of hydrogen-bond acceptors (Lipinski definition) is 1. The van der Waals surface area contributed by atoms with Gasteiger partial charge in [-0.1, -0.05) is 176 Å². The zero-order chi connectivity index (χ0) is 38.3. The van der Waals surface area contributed by atoms with E-state index in [1.807, 2.05) is 72.8 Å². The van der Waals surface area contributed by atoms with Gasteiger partial charge in [0.1, 0.15) is 0 Å². The predicted octanol–water partition coefficient (Wildman–Crippen LogP) is 14.1. The molecule has 0 aliphatic heterocycles. The molecule has 9 rings (SSSR count). The fourth-order valence-corrected chi connectivity index (χ4v) is 7.16. The Kier molecular flexibility index (Phi) is 6.60. The Morgan fingerprint density at radius 2 is 0.863 bits per heavy atom. The minimum Gasteiger partial charge on any atom is -0.310 e. The SMILES string of the molecule is [2H]c1c([2H])c([2H])c(-c2cccc(N(c3ccc(-c4ccccc4)cc3)c3ccc(-c4ccccc4)cc3)c2-c2cc3ccccc3c3ccccc23)c([2H])c1[2H]. The number of fused-ring (bicyclic) bond motifs is 3. The van der Waals surface area contributed by atoms with E-state index in [4.69, 9.17) is 6.85 Å². The Morgan fingerprint density at radius 1 is 0.353 bits per heavy atom. The van der Waals surface area contributed by atoms with Gasteiger partial charge in [-0.2, -0.15) is 0 Å². The van der Waals surface area contributed by atoms with Crippen LogP contribution in [0.5, 0.6) is 0 Å². The fraction of sp³-hybridized carbons (Fsp3) is 0. The number of nitrogens with zero attached hydrogens (tertiary/aromatic N) is 1. The summed E-state index contributed by atoms with van der Waals surface area (Å²) in [6, 6.07) is 60.5. The van der Waals surface area contributed by atoms with Crippen molar-refractivity contribution >= 4 is 38.6 Å². The number of rotatable bonds is 7. The van der Waals surface area contributed by atoms with Gasteiger partial charge in [-0.25, -0.2) is 0 Å². The molecule has 0 atom stereocenters. The van der Waals surface area contributed by atoms with Crippen LogP contribution in [0, 0.1) is 0 Å². The summed E-state index contributed by atoms with van der Waals surface area (Å²) in [6.45, 7) is 0. The second-order valence-electron chi connectivity index (χ2n) is 12.6. The van der Waals surface area contributed by atoms with E-state index in [0.717, 1.165) is 72.0 Å². The molecule has 9 aromatic carbocycles. The first-order valence-corrected chi connectivity index (χ1v) is 17.1. The molecule has 0 fully saturated rings. The highest BCUT2D eigenvalue weighted by Crippen LogP contribution is 2.48. The molecule has 0 heterocycles. The van der Waals surface area contributed by atoms with Gasteiger partial charge in [-0.3, -0.25) is 0 Å². The van der Waals surface area contributed by atoms with E-state index >= 15 is 0 Å². The minimum atomic E-state index is -0.420. The second kappa shape index (κ2) is 13.3. The molecule has 0 unspecified atom stereocenters. The summed E-state index contributed by atoms with van der Waals surface area (Å²) < 4.78 is 44.1. The van der Waals surface area contributed by atoms with Gasteiger partial charge in [-0.05, 0) is 96.9 Å². The molecule has 0 radical (unpaired) electrons. The zero-order valence-corrected chi connectivity index (χ0v) is 27.8. The van der Waals surface area contributed by atoms with E-state index in [9.17, 15) is 0 Å². The van der Waals surface area contributed by atoms with Crippen LogP contribution in [-0.4, -0.2) is 0 Å². The summed E-state index contributed by atoms with van der Waals surface area (Å²) in [5, 5.41) is 4.20. The van der Waals surface area contributed by atoms with Crippen LogP contribution < -0.4 is 4.90 Å². The van der Waals surface area contributed by atoms with E-state index in [2.05, 4.69) is 114 Å². The molecule has 0 spiro atoms. The van der Waals surface area contributed by atoms with Gasteiger partial charge in [0, 0.05) is 16.9 Å². The molecule has 0 aliphatic rings. The molecule has 0 saturated carbocycles. The van der Waals surface area contributed by atoms with Gasteiger partial charge in [-0.15, -0.1) is 0 Å². The lowest BCUT2D eigenvalue weighted by Crippen LogP contribution is -2.12. The summed E-state index contributed by atoms with van der Waals surface area (Å²) in [6.07, 6.45) is 0. The smallest absolute Gasteiger partial charge is 0.0629 e. The number of anilines is 3. The molecule has 0 aromatic heterocycles. The van der Waals surface area contributed by atoms with Crippen LogP contribution >= 0.6 is 0 Å². The second-order valence-corrected chi connectivity index (χ2v) is 12.6. The van der Waals surface area contributed by atoms with E-state index < -0.39 is 6.04 Å². The van der Waals surface area contributed by atoms with Crippen molar-refractivity contribution in [3.63, 3.8) is 0 Å². The normalized spacial score (nSPS) is 12.5. The van der Waals surface area contributed by atoms with Gasteiger partial charge in [0.2, 0.25) is 0 Å². The Hall–Kier alpha value is -6.70.